The molecule has 1 fully saturated rings. The van der Waals surface area contributed by atoms with Crippen molar-refractivity contribution >= 4 is 17.4 Å². The van der Waals surface area contributed by atoms with Gasteiger partial charge in [0.05, 0.1) is 17.1 Å². The third-order valence-electron chi connectivity index (χ3n) is 4.73. The van der Waals surface area contributed by atoms with E-state index in [0.717, 1.165) is 57.2 Å². The van der Waals surface area contributed by atoms with Gasteiger partial charge in [0.2, 0.25) is 5.91 Å². The molecule has 1 heterocycles. The van der Waals surface area contributed by atoms with Crippen molar-refractivity contribution in [2.45, 2.75) is 58.8 Å². The minimum Gasteiger partial charge on any atom is -0.487 e. The van der Waals surface area contributed by atoms with Crippen molar-refractivity contribution in [1.82, 2.24) is 10.4 Å². The van der Waals surface area contributed by atoms with Crippen LogP contribution in [0.1, 0.15) is 67.8 Å². The number of amides is 1. The van der Waals surface area contributed by atoms with Gasteiger partial charge in [-0.05, 0) is 57.2 Å². The van der Waals surface area contributed by atoms with Gasteiger partial charge in [-0.15, -0.1) is 0 Å². The van der Waals surface area contributed by atoms with Crippen molar-refractivity contribution in [1.29, 1.82) is 0 Å². The summed E-state index contributed by atoms with van der Waals surface area (Å²) >= 11 is 0. The average Bonchev–Trinajstić information content (AvgIpc) is 3.12. The number of nitrogens with one attached hydrogen (secondary N) is 1. The van der Waals surface area contributed by atoms with Gasteiger partial charge in [-0.3, -0.25) is 25.1 Å². The summed E-state index contributed by atoms with van der Waals surface area (Å²) in [7, 11) is 0. The maximum absolute atomic E-state index is 11.8. The van der Waals surface area contributed by atoms with Crippen molar-refractivity contribution in [2.75, 3.05) is 19.7 Å². The van der Waals surface area contributed by atoms with Gasteiger partial charge in [-0.2, -0.15) is 0 Å². The summed E-state index contributed by atoms with van der Waals surface area (Å²) in [5.41, 5.74) is 3.47. The highest BCUT2D eigenvalue weighted by molar-refractivity contribution is 5.99. The lowest BCUT2D eigenvalue weighted by Crippen LogP contribution is -2.39. The first-order chi connectivity index (χ1) is 13.4. The molecule has 1 aliphatic heterocycles. The molecule has 154 valence electrons. The van der Waals surface area contributed by atoms with Crippen LogP contribution in [-0.4, -0.2) is 41.3 Å². The molecule has 0 bridgehead atoms. The topological polar surface area (TPSA) is 102 Å². The van der Waals surface area contributed by atoms with Crippen LogP contribution in [0.15, 0.2) is 12.1 Å². The lowest BCUT2D eigenvalue weighted by molar-refractivity contribution is -0.386. The Morgan fingerprint density at radius 2 is 1.86 bits per heavy atom. The largest absolute Gasteiger partial charge is 0.487 e. The number of nitro groups is 1. The van der Waals surface area contributed by atoms with Gasteiger partial charge in [-0.1, -0.05) is 12.8 Å². The zero-order valence-corrected chi connectivity index (χ0v) is 16.7. The van der Waals surface area contributed by atoms with Gasteiger partial charge >= 0.3 is 5.69 Å². The van der Waals surface area contributed by atoms with Crippen LogP contribution in [-0.2, 0) is 4.79 Å². The highest BCUT2D eigenvalue weighted by Crippen LogP contribution is 2.33. The van der Waals surface area contributed by atoms with Crippen molar-refractivity contribution < 1.29 is 19.2 Å². The predicted molar refractivity (Wildman–Crippen MR) is 105 cm³/mol. The average molecular weight is 391 g/mol. The van der Waals surface area contributed by atoms with E-state index in [2.05, 4.69) is 5.43 Å². The molecule has 1 amide bonds. The number of carbonyl (C=O) groups is 2. The summed E-state index contributed by atoms with van der Waals surface area (Å²) in [6.45, 7) is 5.28. The Morgan fingerprint density at radius 1 is 1.18 bits per heavy atom. The normalized spacial score (nSPS) is 14.1. The summed E-state index contributed by atoms with van der Waals surface area (Å²) in [6, 6.07) is 3.10. The fraction of sp³-hybridized carbons (Fsp3) is 0.600. The number of Topliss-reactive ketones (excluding diaryl/α,β-unsaturated/α-hetero) is 1. The smallest absolute Gasteiger partial charge is 0.321 e. The number of hydrogen-bond acceptors (Lipinski definition) is 6. The fourth-order valence-corrected chi connectivity index (χ4v) is 3.30. The van der Waals surface area contributed by atoms with E-state index >= 15 is 0 Å². The van der Waals surface area contributed by atoms with Gasteiger partial charge in [0.25, 0.3) is 0 Å². The molecule has 2 rings (SSSR count). The molecule has 1 aromatic rings. The summed E-state index contributed by atoms with van der Waals surface area (Å²) in [5.74, 6) is -0.155. The molecular formula is C20H29N3O5. The molecule has 8 heteroatoms. The van der Waals surface area contributed by atoms with Crippen LogP contribution < -0.4 is 10.2 Å². The van der Waals surface area contributed by atoms with Crippen molar-refractivity contribution in [3.63, 3.8) is 0 Å². The fourth-order valence-electron chi connectivity index (χ4n) is 3.30. The van der Waals surface area contributed by atoms with Gasteiger partial charge in [-0.25, -0.2) is 5.01 Å². The van der Waals surface area contributed by atoms with Gasteiger partial charge in [0, 0.05) is 19.5 Å². The third kappa shape index (κ3) is 6.60. The lowest BCUT2D eigenvalue weighted by atomic mass is 10.1. The Morgan fingerprint density at radius 3 is 2.50 bits per heavy atom. The molecule has 0 aliphatic carbocycles. The first-order valence-corrected chi connectivity index (χ1v) is 9.85. The number of ketones is 1. The molecule has 8 nitrogen and oxygen atoms in total. The first-order valence-electron chi connectivity index (χ1n) is 9.85. The summed E-state index contributed by atoms with van der Waals surface area (Å²) < 4.78 is 5.61. The Labute approximate surface area is 165 Å². The number of rotatable bonds is 11. The second-order valence-corrected chi connectivity index (χ2v) is 7.21. The van der Waals surface area contributed by atoms with E-state index in [1.54, 1.807) is 13.0 Å². The number of nitrogens with zero attached hydrogens (tertiary/aromatic N) is 2. The van der Waals surface area contributed by atoms with Gasteiger partial charge in [0.1, 0.15) is 0 Å². The van der Waals surface area contributed by atoms with E-state index in [9.17, 15) is 19.7 Å². The Kier molecular flexibility index (Phi) is 8.38. The molecule has 28 heavy (non-hydrogen) atoms. The molecule has 1 N–H and O–H groups in total. The van der Waals surface area contributed by atoms with Crippen LogP contribution >= 0.6 is 0 Å². The van der Waals surface area contributed by atoms with Crippen molar-refractivity contribution in [2.24, 2.45) is 0 Å². The SMILES string of the molecule is CC(=O)c1cc(C)cc(OCCCCCCC(=O)NN2CCCC2)c1[N+](=O)[O-]. The van der Waals surface area contributed by atoms with E-state index in [1.165, 1.54) is 13.0 Å². The minimum absolute atomic E-state index is 0.0605. The molecule has 0 spiro atoms. The third-order valence-corrected chi connectivity index (χ3v) is 4.73. The highest BCUT2D eigenvalue weighted by Gasteiger charge is 2.24. The molecule has 1 saturated heterocycles. The summed E-state index contributed by atoms with van der Waals surface area (Å²) in [6.07, 6.45) is 6.07. The molecule has 1 aliphatic rings. The standard InChI is InChI=1S/C20H29N3O5/c1-15-13-17(16(2)24)20(23(26)27)18(14-15)28-12-8-4-3-5-9-19(25)21-22-10-6-7-11-22/h13-14H,3-12H2,1-2H3,(H,21,25). The zero-order valence-electron chi connectivity index (χ0n) is 16.7. The van der Waals surface area contributed by atoms with E-state index in [1.807, 2.05) is 5.01 Å². The molecule has 0 atom stereocenters. The van der Waals surface area contributed by atoms with Crippen molar-refractivity contribution in [3.8, 4) is 5.75 Å². The van der Waals surface area contributed by atoms with E-state index < -0.39 is 4.92 Å². The van der Waals surface area contributed by atoms with Crippen LogP contribution in [0.5, 0.6) is 5.75 Å². The number of unbranched alkanes of at least 4 members (excludes halogenated alkanes) is 3. The summed E-state index contributed by atoms with van der Waals surface area (Å²) in [4.78, 5) is 34.3. The quantitative estimate of drug-likeness (QED) is 0.268. The van der Waals surface area contributed by atoms with Crippen LogP contribution in [0.3, 0.4) is 0 Å². The molecule has 1 aromatic carbocycles. The van der Waals surface area contributed by atoms with Crippen LogP contribution in [0, 0.1) is 17.0 Å². The highest BCUT2D eigenvalue weighted by atomic mass is 16.6. The number of ether oxygens (including phenoxy) is 1. The number of benzene rings is 1. The van der Waals surface area contributed by atoms with Gasteiger partial charge in [0.15, 0.2) is 11.5 Å². The molecular weight excluding hydrogens is 362 g/mol. The van der Waals surface area contributed by atoms with Crippen LogP contribution in [0.25, 0.3) is 0 Å². The second kappa shape index (κ2) is 10.8. The number of aryl methyl sites for hydroxylation is 1. The van der Waals surface area contributed by atoms with Crippen LogP contribution in [0.4, 0.5) is 5.69 Å². The number of carbonyl (C=O) groups excluding carboxylic acids is 2. The van der Waals surface area contributed by atoms with Crippen LogP contribution in [0.2, 0.25) is 0 Å². The number of hydrogen-bond donors (Lipinski definition) is 1. The predicted octanol–water partition coefficient (Wildman–Crippen LogP) is 3.56. The Balaban J connectivity index is 1.71. The van der Waals surface area contributed by atoms with Crippen molar-refractivity contribution in [3.05, 3.63) is 33.4 Å². The molecule has 0 aromatic heterocycles. The first kappa shape index (κ1) is 21.8. The Hall–Kier alpha value is -2.48. The van der Waals surface area contributed by atoms with E-state index in [-0.39, 0.29) is 28.7 Å². The second-order valence-electron chi connectivity index (χ2n) is 7.21. The number of nitro benzene ring substituents is 1. The maximum atomic E-state index is 11.8. The molecule has 0 saturated carbocycles. The Bertz CT molecular complexity index is 714. The molecule has 0 radical (unpaired) electrons. The molecule has 0 unspecified atom stereocenters. The zero-order chi connectivity index (χ0) is 20.5. The lowest BCUT2D eigenvalue weighted by Gasteiger charge is -2.15. The van der Waals surface area contributed by atoms with Gasteiger partial charge < -0.3 is 4.74 Å². The van der Waals surface area contributed by atoms with E-state index in [0.29, 0.717) is 13.0 Å². The summed E-state index contributed by atoms with van der Waals surface area (Å²) in [5, 5.41) is 13.3. The maximum Gasteiger partial charge on any atom is 0.321 e. The minimum atomic E-state index is -0.565. The monoisotopic (exact) mass is 391 g/mol. The number of hydrazine groups is 1. The van der Waals surface area contributed by atoms with E-state index in [4.69, 9.17) is 4.74 Å².